The molecule has 118 valence electrons. The number of hydroxylamine groups is 2. The first-order valence-electron chi connectivity index (χ1n) is 7.25. The van der Waals surface area contributed by atoms with Crippen LogP contribution in [0.2, 0.25) is 0 Å². The van der Waals surface area contributed by atoms with Crippen molar-refractivity contribution in [3.05, 3.63) is 30.1 Å². The molecule has 1 heterocycles. The second-order valence-electron chi connectivity index (χ2n) is 6.31. The Kier molecular flexibility index (Phi) is 4.86. The van der Waals surface area contributed by atoms with Crippen molar-refractivity contribution in [2.75, 3.05) is 20.3 Å². The Morgan fingerprint density at radius 1 is 1.33 bits per heavy atom. The van der Waals surface area contributed by atoms with Gasteiger partial charge in [0.05, 0.1) is 5.60 Å². The van der Waals surface area contributed by atoms with Gasteiger partial charge in [0.2, 0.25) is 0 Å². The van der Waals surface area contributed by atoms with Crippen LogP contribution in [0.5, 0.6) is 5.75 Å². The molecule has 1 aromatic carbocycles. The zero-order valence-corrected chi connectivity index (χ0v) is 13.2. The second kappa shape index (κ2) is 6.30. The number of halogens is 1. The molecule has 1 saturated heterocycles. The molecule has 0 amide bonds. The summed E-state index contributed by atoms with van der Waals surface area (Å²) >= 11 is 0. The largest absolute Gasteiger partial charge is 0.489 e. The minimum absolute atomic E-state index is 0.295. The van der Waals surface area contributed by atoms with E-state index in [2.05, 4.69) is 0 Å². The fourth-order valence-corrected chi connectivity index (χ4v) is 2.45. The molecule has 1 aliphatic heterocycles. The molecule has 0 N–H and O–H groups in total. The molecule has 0 bridgehead atoms. The molecule has 0 spiro atoms. The zero-order valence-electron chi connectivity index (χ0n) is 13.2. The molecule has 0 radical (unpaired) electrons. The highest BCUT2D eigenvalue weighted by Crippen LogP contribution is 2.33. The number of benzene rings is 1. The molecule has 21 heavy (non-hydrogen) atoms. The third-order valence-electron chi connectivity index (χ3n) is 3.41. The van der Waals surface area contributed by atoms with E-state index in [1.165, 1.54) is 12.1 Å². The van der Waals surface area contributed by atoms with Crippen LogP contribution in [0.15, 0.2) is 24.3 Å². The second-order valence-corrected chi connectivity index (χ2v) is 6.31. The third-order valence-corrected chi connectivity index (χ3v) is 3.41. The van der Waals surface area contributed by atoms with Gasteiger partial charge in [0.1, 0.15) is 18.2 Å². The molecule has 5 heteroatoms. The first-order chi connectivity index (χ1) is 9.85. The Balaban J connectivity index is 2.06. The number of rotatable bonds is 5. The van der Waals surface area contributed by atoms with Crippen molar-refractivity contribution in [2.45, 2.75) is 44.9 Å². The molecule has 1 unspecified atom stereocenters. The molecular formula is C16H24FNO3. The Morgan fingerprint density at radius 2 is 2.10 bits per heavy atom. The van der Waals surface area contributed by atoms with Crippen LogP contribution in [0.4, 0.5) is 4.39 Å². The summed E-state index contributed by atoms with van der Waals surface area (Å²) in [6.07, 6.45) is 1.78. The molecule has 0 saturated carbocycles. The summed E-state index contributed by atoms with van der Waals surface area (Å²) in [7, 11) is 1.65. The van der Waals surface area contributed by atoms with E-state index in [1.807, 2.05) is 25.8 Å². The van der Waals surface area contributed by atoms with E-state index in [0.29, 0.717) is 12.4 Å². The molecule has 1 aliphatic rings. The number of nitrogens with zero attached hydrogens (tertiary/aromatic N) is 1. The van der Waals surface area contributed by atoms with Crippen molar-refractivity contribution in [3.63, 3.8) is 0 Å². The summed E-state index contributed by atoms with van der Waals surface area (Å²) in [5, 5.41) is 1.85. The van der Waals surface area contributed by atoms with Crippen molar-refractivity contribution in [1.29, 1.82) is 0 Å². The van der Waals surface area contributed by atoms with Gasteiger partial charge in [0.25, 0.3) is 0 Å². The lowest BCUT2D eigenvalue weighted by molar-refractivity contribution is -0.326. The molecule has 0 aromatic heterocycles. The van der Waals surface area contributed by atoms with Crippen LogP contribution in [-0.2, 0) is 9.57 Å². The van der Waals surface area contributed by atoms with Crippen LogP contribution in [-0.4, -0.2) is 36.7 Å². The van der Waals surface area contributed by atoms with Gasteiger partial charge in [-0.25, -0.2) is 4.39 Å². The van der Waals surface area contributed by atoms with E-state index < -0.39 is 5.72 Å². The molecule has 1 aromatic rings. The average Bonchev–Trinajstić information content (AvgIpc) is 2.78. The van der Waals surface area contributed by atoms with Gasteiger partial charge in [-0.2, -0.15) is 5.06 Å². The minimum atomic E-state index is -0.625. The lowest BCUT2D eigenvalue weighted by atomic mass is 10.1. The fourth-order valence-electron chi connectivity index (χ4n) is 2.45. The summed E-state index contributed by atoms with van der Waals surface area (Å²) in [4.78, 5) is 5.97. The Labute approximate surface area is 125 Å². The quantitative estimate of drug-likeness (QED) is 0.834. The van der Waals surface area contributed by atoms with E-state index in [9.17, 15) is 4.39 Å². The summed E-state index contributed by atoms with van der Waals surface area (Å²) < 4.78 is 24.6. The first kappa shape index (κ1) is 16.2. The van der Waals surface area contributed by atoms with E-state index >= 15 is 0 Å². The smallest absolute Gasteiger partial charge is 0.177 e. The summed E-state index contributed by atoms with van der Waals surface area (Å²) in [6, 6.07) is 6.12. The van der Waals surface area contributed by atoms with Gasteiger partial charge in [0, 0.05) is 19.7 Å². The monoisotopic (exact) mass is 297 g/mol. The molecular weight excluding hydrogens is 273 g/mol. The normalized spacial score (nSPS) is 23.5. The van der Waals surface area contributed by atoms with Gasteiger partial charge in [-0.3, -0.25) is 4.84 Å². The van der Waals surface area contributed by atoms with Crippen molar-refractivity contribution in [2.24, 2.45) is 0 Å². The van der Waals surface area contributed by atoms with Gasteiger partial charge in [-0.05, 0) is 45.7 Å². The van der Waals surface area contributed by atoms with Gasteiger partial charge in [0.15, 0.2) is 5.72 Å². The summed E-state index contributed by atoms with van der Waals surface area (Å²) in [5.41, 5.74) is -0.924. The van der Waals surface area contributed by atoms with Crippen LogP contribution in [0.3, 0.4) is 0 Å². The lowest BCUT2D eigenvalue weighted by Crippen LogP contribution is -2.52. The molecule has 2 rings (SSSR count). The highest BCUT2D eigenvalue weighted by molar-refractivity contribution is 5.22. The molecule has 4 nitrogen and oxygen atoms in total. The van der Waals surface area contributed by atoms with Crippen molar-refractivity contribution in [1.82, 2.24) is 5.06 Å². The maximum absolute atomic E-state index is 13.2. The fraction of sp³-hybridized carbons (Fsp3) is 0.625. The van der Waals surface area contributed by atoms with Gasteiger partial charge >= 0.3 is 0 Å². The van der Waals surface area contributed by atoms with E-state index in [-0.39, 0.29) is 11.4 Å². The topological polar surface area (TPSA) is 30.9 Å². The third kappa shape index (κ3) is 4.15. The number of ether oxygens (including phenoxy) is 2. The minimum Gasteiger partial charge on any atom is -0.489 e. The van der Waals surface area contributed by atoms with Crippen LogP contribution >= 0.6 is 0 Å². The van der Waals surface area contributed by atoms with Crippen LogP contribution < -0.4 is 4.74 Å². The molecule has 1 fully saturated rings. The van der Waals surface area contributed by atoms with Crippen molar-refractivity contribution in [3.8, 4) is 5.75 Å². The van der Waals surface area contributed by atoms with Crippen molar-refractivity contribution >= 4 is 0 Å². The standard InChI is InChI=1S/C16H24FNO3/c1-15(2,3)21-18-10-6-9-16(18,19-4)12-20-14-8-5-7-13(17)11-14/h5,7-8,11H,6,9-10,12H2,1-4H3. The van der Waals surface area contributed by atoms with Gasteiger partial charge in [-0.15, -0.1) is 0 Å². The Bertz CT molecular complexity index is 475. The molecule has 1 atom stereocenters. The van der Waals surface area contributed by atoms with Crippen LogP contribution in [0, 0.1) is 5.82 Å². The zero-order chi connectivity index (χ0) is 15.5. The van der Waals surface area contributed by atoms with E-state index in [1.54, 1.807) is 19.2 Å². The Hall–Kier alpha value is -1.17. The number of hydrogen-bond acceptors (Lipinski definition) is 4. The highest BCUT2D eigenvalue weighted by Gasteiger charge is 2.45. The lowest BCUT2D eigenvalue weighted by Gasteiger charge is -2.39. The average molecular weight is 297 g/mol. The first-order valence-corrected chi connectivity index (χ1v) is 7.25. The SMILES string of the molecule is COC1(COc2cccc(F)c2)CCCN1OC(C)(C)C. The van der Waals surface area contributed by atoms with Crippen molar-refractivity contribution < 1.29 is 18.7 Å². The van der Waals surface area contributed by atoms with Crippen LogP contribution in [0.1, 0.15) is 33.6 Å². The van der Waals surface area contributed by atoms with E-state index in [0.717, 1.165) is 19.4 Å². The van der Waals surface area contributed by atoms with E-state index in [4.69, 9.17) is 14.3 Å². The predicted octanol–water partition coefficient (Wildman–Crippen LogP) is 3.37. The summed E-state index contributed by atoms with van der Waals surface area (Å²) in [5.74, 6) is 0.183. The summed E-state index contributed by atoms with van der Waals surface area (Å²) in [6.45, 7) is 7.08. The van der Waals surface area contributed by atoms with Gasteiger partial charge < -0.3 is 9.47 Å². The highest BCUT2D eigenvalue weighted by atomic mass is 19.1. The maximum atomic E-state index is 13.2. The predicted molar refractivity (Wildman–Crippen MR) is 78.4 cm³/mol. The maximum Gasteiger partial charge on any atom is 0.177 e. The molecule has 0 aliphatic carbocycles. The van der Waals surface area contributed by atoms with Gasteiger partial charge in [-0.1, -0.05) is 6.07 Å². The number of hydrogen-bond donors (Lipinski definition) is 0. The Morgan fingerprint density at radius 3 is 2.71 bits per heavy atom. The van der Waals surface area contributed by atoms with Crippen LogP contribution in [0.25, 0.3) is 0 Å². The number of methoxy groups -OCH3 is 1.